The summed E-state index contributed by atoms with van der Waals surface area (Å²) in [7, 11) is 0. The molecule has 2 unspecified atom stereocenters. The first kappa shape index (κ1) is 11.4. The molecule has 16 heavy (non-hydrogen) atoms. The molecule has 0 aromatic carbocycles. The number of rotatable bonds is 3. The molecule has 3 nitrogen and oxygen atoms in total. The Kier molecular flexibility index (Phi) is 3.12. The molecule has 0 spiro atoms. The van der Waals surface area contributed by atoms with Crippen LogP contribution in [0.2, 0.25) is 0 Å². The number of aromatic nitrogens is 2. The second kappa shape index (κ2) is 4.39. The van der Waals surface area contributed by atoms with Gasteiger partial charge in [-0.2, -0.15) is 0 Å². The molecule has 2 heterocycles. The van der Waals surface area contributed by atoms with Gasteiger partial charge in [0.15, 0.2) is 0 Å². The molecular formula is C12H17N3S. The van der Waals surface area contributed by atoms with E-state index >= 15 is 0 Å². The van der Waals surface area contributed by atoms with Crippen molar-refractivity contribution in [3.05, 3.63) is 40.1 Å². The highest BCUT2D eigenvalue weighted by atomic mass is 32.1. The van der Waals surface area contributed by atoms with Crippen molar-refractivity contribution in [3.8, 4) is 0 Å². The molecule has 0 bridgehead atoms. The van der Waals surface area contributed by atoms with Crippen LogP contribution >= 0.6 is 11.3 Å². The molecule has 0 radical (unpaired) electrons. The quantitative estimate of drug-likeness (QED) is 0.888. The monoisotopic (exact) mass is 235 g/mol. The highest BCUT2D eigenvalue weighted by Gasteiger charge is 2.22. The van der Waals surface area contributed by atoms with Gasteiger partial charge in [0, 0.05) is 23.3 Å². The topological polar surface area (TPSA) is 43.8 Å². The molecule has 0 amide bonds. The minimum Gasteiger partial charge on any atom is -0.326 e. The molecule has 4 heteroatoms. The second-order valence-corrected chi connectivity index (χ2v) is 5.10. The predicted octanol–water partition coefficient (Wildman–Crippen LogP) is 2.50. The summed E-state index contributed by atoms with van der Waals surface area (Å²) in [6, 6.07) is 2.41. The molecule has 2 rings (SSSR count). The summed E-state index contributed by atoms with van der Waals surface area (Å²) >= 11 is 1.76. The molecule has 0 saturated heterocycles. The van der Waals surface area contributed by atoms with Crippen molar-refractivity contribution in [1.29, 1.82) is 0 Å². The van der Waals surface area contributed by atoms with Gasteiger partial charge in [-0.05, 0) is 37.8 Å². The fourth-order valence-electron chi connectivity index (χ4n) is 1.99. The van der Waals surface area contributed by atoms with Crippen LogP contribution in [0.5, 0.6) is 0 Å². The Morgan fingerprint density at radius 1 is 1.44 bits per heavy atom. The fraction of sp³-hybridized carbons (Fsp3) is 0.417. The number of nitrogens with zero attached hydrogens (tertiary/aromatic N) is 2. The van der Waals surface area contributed by atoms with Crippen molar-refractivity contribution in [2.75, 3.05) is 0 Å². The first-order chi connectivity index (χ1) is 7.61. The van der Waals surface area contributed by atoms with E-state index in [1.807, 2.05) is 26.2 Å². The molecule has 0 fully saturated rings. The SMILES string of the molecule is Cc1ccsc1C(C(C)N)n1ccnc1C. The number of hydrogen-bond acceptors (Lipinski definition) is 3. The minimum atomic E-state index is 0.0743. The van der Waals surface area contributed by atoms with Crippen molar-refractivity contribution in [1.82, 2.24) is 9.55 Å². The van der Waals surface area contributed by atoms with E-state index in [4.69, 9.17) is 5.73 Å². The Bertz CT molecular complexity index is 430. The van der Waals surface area contributed by atoms with Crippen molar-refractivity contribution in [2.45, 2.75) is 32.9 Å². The molecule has 0 saturated carbocycles. The number of imidazole rings is 1. The smallest absolute Gasteiger partial charge is 0.106 e. The van der Waals surface area contributed by atoms with Crippen LogP contribution in [0.4, 0.5) is 0 Å². The van der Waals surface area contributed by atoms with Gasteiger partial charge in [-0.15, -0.1) is 11.3 Å². The summed E-state index contributed by atoms with van der Waals surface area (Å²) in [5.41, 5.74) is 7.42. The third-order valence-electron chi connectivity index (χ3n) is 2.83. The summed E-state index contributed by atoms with van der Waals surface area (Å²) in [6.45, 7) is 6.19. The van der Waals surface area contributed by atoms with Gasteiger partial charge < -0.3 is 10.3 Å². The van der Waals surface area contributed by atoms with Crippen LogP contribution in [0.25, 0.3) is 0 Å². The van der Waals surface area contributed by atoms with E-state index in [1.165, 1.54) is 10.4 Å². The standard InChI is InChI=1S/C12H17N3S/c1-8-4-7-16-12(8)11(9(2)13)15-6-5-14-10(15)3/h4-7,9,11H,13H2,1-3H3. The number of thiophene rings is 1. The van der Waals surface area contributed by atoms with Crippen molar-refractivity contribution in [3.63, 3.8) is 0 Å². The second-order valence-electron chi connectivity index (χ2n) is 4.15. The maximum absolute atomic E-state index is 6.11. The minimum absolute atomic E-state index is 0.0743. The van der Waals surface area contributed by atoms with Gasteiger partial charge in [0.1, 0.15) is 5.82 Å². The number of aryl methyl sites for hydroxylation is 2. The highest BCUT2D eigenvalue weighted by molar-refractivity contribution is 7.10. The van der Waals surface area contributed by atoms with Crippen LogP contribution in [0.15, 0.2) is 23.8 Å². The van der Waals surface area contributed by atoms with Crippen LogP contribution in [-0.4, -0.2) is 15.6 Å². The van der Waals surface area contributed by atoms with Gasteiger partial charge in [0.05, 0.1) is 6.04 Å². The van der Waals surface area contributed by atoms with E-state index in [9.17, 15) is 0 Å². The predicted molar refractivity (Wildman–Crippen MR) is 67.8 cm³/mol. The van der Waals surface area contributed by atoms with E-state index in [2.05, 4.69) is 27.9 Å². The number of hydrogen-bond donors (Lipinski definition) is 1. The lowest BCUT2D eigenvalue weighted by Gasteiger charge is -2.23. The molecule has 0 aliphatic carbocycles. The Hall–Kier alpha value is -1.13. The van der Waals surface area contributed by atoms with E-state index in [0.29, 0.717) is 0 Å². The summed E-state index contributed by atoms with van der Waals surface area (Å²) in [6.07, 6.45) is 3.83. The van der Waals surface area contributed by atoms with Crippen LogP contribution in [0, 0.1) is 13.8 Å². The first-order valence-electron chi connectivity index (χ1n) is 5.40. The summed E-state index contributed by atoms with van der Waals surface area (Å²) in [4.78, 5) is 5.60. The van der Waals surface area contributed by atoms with E-state index < -0.39 is 0 Å². The fourth-order valence-corrected chi connectivity index (χ4v) is 3.13. The van der Waals surface area contributed by atoms with Crippen LogP contribution in [-0.2, 0) is 0 Å². The third-order valence-corrected chi connectivity index (χ3v) is 3.92. The lowest BCUT2D eigenvalue weighted by Crippen LogP contribution is -2.30. The average molecular weight is 235 g/mol. The lowest BCUT2D eigenvalue weighted by atomic mass is 10.1. The highest BCUT2D eigenvalue weighted by Crippen LogP contribution is 2.29. The zero-order chi connectivity index (χ0) is 11.7. The van der Waals surface area contributed by atoms with Gasteiger partial charge in [-0.25, -0.2) is 4.98 Å². The normalized spacial score (nSPS) is 15.0. The van der Waals surface area contributed by atoms with Gasteiger partial charge in [0.25, 0.3) is 0 Å². The van der Waals surface area contributed by atoms with E-state index in [0.717, 1.165) is 5.82 Å². The molecule has 86 valence electrons. The number of nitrogens with two attached hydrogens (primary N) is 1. The van der Waals surface area contributed by atoms with Crippen molar-refractivity contribution >= 4 is 11.3 Å². The van der Waals surface area contributed by atoms with Crippen molar-refractivity contribution in [2.24, 2.45) is 5.73 Å². The lowest BCUT2D eigenvalue weighted by molar-refractivity contribution is 0.492. The maximum Gasteiger partial charge on any atom is 0.106 e. The van der Waals surface area contributed by atoms with Crippen LogP contribution in [0.1, 0.15) is 29.2 Å². The van der Waals surface area contributed by atoms with Crippen LogP contribution in [0.3, 0.4) is 0 Å². The van der Waals surface area contributed by atoms with Gasteiger partial charge in [0.2, 0.25) is 0 Å². The molecule has 0 aliphatic rings. The average Bonchev–Trinajstić information content (AvgIpc) is 2.79. The zero-order valence-electron chi connectivity index (χ0n) is 9.84. The molecular weight excluding hydrogens is 218 g/mol. The van der Waals surface area contributed by atoms with Crippen LogP contribution < -0.4 is 5.73 Å². The molecule has 0 aliphatic heterocycles. The molecule has 2 atom stereocenters. The zero-order valence-corrected chi connectivity index (χ0v) is 10.7. The summed E-state index contributed by atoms with van der Waals surface area (Å²) in [5, 5.41) is 2.12. The Morgan fingerprint density at radius 3 is 2.62 bits per heavy atom. The largest absolute Gasteiger partial charge is 0.326 e. The molecule has 2 aromatic heterocycles. The Morgan fingerprint density at radius 2 is 2.19 bits per heavy atom. The van der Waals surface area contributed by atoms with E-state index in [1.54, 1.807) is 11.3 Å². The van der Waals surface area contributed by atoms with Gasteiger partial charge in [-0.3, -0.25) is 0 Å². The maximum atomic E-state index is 6.11. The first-order valence-corrected chi connectivity index (χ1v) is 6.28. The van der Waals surface area contributed by atoms with Crippen molar-refractivity contribution < 1.29 is 0 Å². The Labute approximate surface area is 99.9 Å². The molecule has 2 aromatic rings. The van der Waals surface area contributed by atoms with E-state index in [-0.39, 0.29) is 12.1 Å². The summed E-state index contributed by atoms with van der Waals surface area (Å²) in [5.74, 6) is 1.01. The third kappa shape index (κ3) is 1.90. The van der Waals surface area contributed by atoms with Gasteiger partial charge >= 0.3 is 0 Å². The molecule has 2 N–H and O–H groups in total. The summed E-state index contributed by atoms with van der Waals surface area (Å²) < 4.78 is 2.16. The van der Waals surface area contributed by atoms with Gasteiger partial charge in [-0.1, -0.05) is 0 Å². The Balaban J connectivity index is 2.47.